The van der Waals surface area contributed by atoms with Crippen LogP contribution in [0.2, 0.25) is 5.02 Å². The number of rotatable bonds is 3. The highest BCUT2D eigenvalue weighted by molar-refractivity contribution is 6.33. The number of nitrogens with zero attached hydrogens (tertiary/aromatic N) is 2. The summed E-state index contributed by atoms with van der Waals surface area (Å²) in [5.74, 6) is 0. The van der Waals surface area contributed by atoms with E-state index < -0.39 is 0 Å². The van der Waals surface area contributed by atoms with Gasteiger partial charge in [0.1, 0.15) is 0 Å². The lowest BCUT2D eigenvalue weighted by molar-refractivity contribution is 0.271. The quantitative estimate of drug-likeness (QED) is 0.894. The molecule has 2 rings (SSSR count). The average molecular weight is 254 g/mol. The van der Waals surface area contributed by atoms with Crippen LogP contribution in [0.5, 0.6) is 0 Å². The van der Waals surface area contributed by atoms with Crippen LogP contribution in [0.25, 0.3) is 0 Å². The lowest BCUT2D eigenvalue weighted by Gasteiger charge is -2.36. The van der Waals surface area contributed by atoms with Crippen molar-refractivity contribution in [3.63, 3.8) is 0 Å². The van der Waals surface area contributed by atoms with Gasteiger partial charge in [-0.25, -0.2) is 0 Å². The van der Waals surface area contributed by atoms with E-state index in [4.69, 9.17) is 17.3 Å². The minimum absolute atomic E-state index is 0.545. The van der Waals surface area contributed by atoms with Crippen LogP contribution in [0.3, 0.4) is 0 Å². The Morgan fingerprint density at radius 3 is 2.47 bits per heavy atom. The predicted molar refractivity (Wildman–Crippen MR) is 73.7 cm³/mol. The molecule has 1 aromatic carbocycles. The van der Waals surface area contributed by atoms with E-state index in [1.165, 1.54) is 0 Å². The zero-order valence-corrected chi connectivity index (χ0v) is 11.1. The predicted octanol–water partition coefficient (Wildman–Crippen LogP) is 1.94. The van der Waals surface area contributed by atoms with Crippen molar-refractivity contribution in [3.8, 4) is 0 Å². The van der Waals surface area contributed by atoms with E-state index in [9.17, 15) is 0 Å². The lowest BCUT2D eigenvalue weighted by atomic mass is 10.2. The number of hydrogen-bond donors (Lipinski definition) is 1. The van der Waals surface area contributed by atoms with Gasteiger partial charge in [0.15, 0.2) is 0 Å². The molecule has 0 radical (unpaired) electrons. The fraction of sp³-hybridized carbons (Fsp3) is 0.538. The second kappa shape index (κ2) is 5.71. The molecule has 0 unspecified atom stereocenters. The maximum atomic E-state index is 6.30. The second-order valence-electron chi connectivity index (χ2n) is 4.41. The molecule has 1 aromatic rings. The monoisotopic (exact) mass is 253 g/mol. The van der Waals surface area contributed by atoms with Gasteiger partial charge in [-0.1, -0.05) is 24.6 Å². The Balaban J connectivity index is 2.08. The molecule has 1 aliphatic heterocycles. The summed E-state index contributed by atoms with van der Waals surface area (Å²) in [7, 11) is 0. The summed E-state index contributed by atoms with van der Waals surface area (Å²) in [4.78, 5) is 4.81. The van der Waals surface area contributed by atoms with E-state index in [2.05, 4.69) is 28.9 Å². The van der Waals surface area contributed by atoms with Gasteiger partial charge in [-0.05, 0) is 24.2 Å². The lowest BCUT2D eigenvalue weighted by Crippen LogP contribution is -2.46. The van der Waals surface area contributed by atoms with E-state index in [1.807, 2.05) is 6.07 Å². The van der Waals surface area contributed by atoms with Gasteiger partial charge in [-0.15, -0.1) is 0 Å². The fourth-order valence-corrected chi connectivity index (χ4v) is 2.56. The molecular weight excluding hydrogens is 234 g/mol. The molecule has 2 N–H and O–H groups in total. The molecule has 4 heteroatoms. The largest absolute Gasteiger partial charge is 0.368 e. The van der Waals surface area contributed by atoms with Crippen molar-refractivity contribution in [2.45, 2.75) is 13.5 Å². The Morgan fingerprint density at radius 1 is 1.24 bits per heavy atom. The van der Waals surface area contributed by atoms with Crippen molar-refractivity contribution in [3.05, 3.63) is 28.8 Å². The number of anilines is 1. The van der Waals surface area contributed by atoms with Crippen molar-refractivity contribution in [2.24, 2.45) is 5.73 Å². The maximum Gasteiger partial charge on any atom is 0.0642 e. The van der Waals surface area contributed by atoms with Crippen molar-refractivity contribution in [2.75, 3.05) is 37.6 Å². The molecule has 0 aromatic heterocycles. The highest BCUT2D eigenvalue weighted by Crippen LogP contribution is 2.27. The molecule has 1 saturated heterocycles. The SMILES string of the molecule is CCN1CCN(c2ccc(CN)cc2Cl)CC1. The Hall–Kier alpha value is -0.770. The van der Waals surface area contributed by atoms with Crippen molar-refractivity contribution >= 4 is 17.3 Å². The zero-order chi connectivity index (χ0) is 12.3. The number of nitrogens with two attached hydrogens (primary N) is 1. The van der Waals surface area contributed by atoms with Crippen LogP contribution < -0.4 is 10.6 Å². The number of piperazine rings is 1. The Kier molecular flexibility index (Phi) is 4.26. The Morgan fingerprint density at radius 2 is 1.94 bits per heavy atom. The Bertz CT molecular complexity index is 373. The summed E-state index contributed by atoms with van der Waals surface area (Å²) >= 11 is 6.30. The van der Waals surface area contributed by atoms with Crippen molar-refractivity contribution < 1.29 is 0 Å². The molecule has 0 saturated carbocycles. The normalized spacial score (nSPS) is 17.5. The van der Waals surface area contributed by atoms with Crippen LogP contribution in [-0.4, -0.2) is 37.6 Å². The van der Waals surface area contributed by atoms with Crippen molar-refractivity contribution in [1.29, 1.82) is 0 Å². The van der Waals surface area contributed by atoms with Crippen LogP contribution in [0.4, 0.5) is 5.69 Å². The van der Waals surface area contributed by atoms with Gasteiger partial charge >= 0.3 is 0 Å². The smallest absolute Gasteiger partial charge is 0.0642 e. The average Bonchev–Trinajstić information content (AvgIpc) is 2.39. The van der Waals surface area contributed by atoms with Gasteiger partial charge in [0, 0.05) is 32.7 Å². The summed E-state index contributed by atoms with van der Waals surface area (Å²) < 4.78 is 0. The standard InChI is InChI=1S/C13H20ClN3/c1-2-16-5-7-17(8-6-16)13-4-3-11(10-15)9-12(13)14/h3-4,9H,2,5-8,10,15H2,1H3. The second-order valence-corrected chi connectivity index (χ2v) is 4.82. The number of halogens is 1. The first-order valence-corrected chi connectivity index (χ1v) is 6.58. The summed E-state index contributed by atoms with van der Waals surface area (Å²) in [6.45, 7) is 8.22. The summed E-state index contributed by atoms with van der Waals surface area (Å²) in [5.41, 5.74) is 7.83. The van der Waals surface area contributed by atoms with Gasteiger partial charge in [-0.3, -0.25) is 0 Å². The molecule has 1 heterocycles. The fourth-order valence-electron chi connectivity index (χ4n) is 2.24. The van der Waals surface area contributed by atoms with Gasteiger partial charge in [0.05, 0.1) is 10.7 Å². The third-order valence-corrected chi connectivity index (χ3v) is 3.71. The summed E-state index contributed by atoms with van der Waals surface area (Å²) in [5, 5.41) is 0.817. The minimum Gasteiger partial charge on any atom is -0.368 e. The van der Waals surface area contributed by atoms with Crippen LogP contribution >= 0.6 is 11.6 Å². The van der Waals surface area contributed by atoms with Crippen molar-refractivity contribution in [1.82, 2.24) is 4.90 Å². The molecular formula is C13H20ClN3. The Labute approximate surface area is 108 Å². The molecule has 1 aliphatic rings. The van der Waals surface area contributed by atoms with Gasteiger partial charge in [0.2, 0.25) is 0 Å². The molecule has 0 aliphatic carbocycles. The van der Waals surface area contributed by atoms with Crippen LogP contribution in [-0.2, 0) is 6.54 Å². The highest BCUT2D eigenvalue weighted by Gasteiger charge is 2.17. The third kappa shape index (κ3) is 2.92. The first-order chi connectivity index (χ1) is 8.24. The minimum atomic E-state index is 0.545. The first-order valence-electron chi connectivity index (χ1n) is 6.20. The van der Waals surface area contributed by atoms with E-state index in [-0.39, 0.29) is 0 Å². The molecule has 0 amide bonds. The highest BCUT2D eigenvalue weighted by atomic mass is 35.5. The molecule has 1 fully saturated rings. The molecule has 17 heavy (non-hydrogen) atoms. The maximum absolute atomic E-state index is 6.30. The first kappa shape index (κ1) is 12.7. The molecule has 0 bridgehead atoms. The van der Waals surface area contributed by atoms with Gasteiger partial charge < -0.3 is 15.5 Å². The number of benzene rings is 1. The zero-order valence-electron chi connectivity index (χ0n) is 10.3. The molecule has 0 atom stereocenters. The molecule has 3 nitrogen and oxygen atoms in total. The summed E-state index contributed by atoms with van der Waals surface area (Å²) in [6, 6.07) is 6.13. The van der Waals surface area contributed by atoms with Gasteiger partial charge in [0.25, 0.3) is 0 Å². The molecule has 94 valence electrons. The van der Waals surface area contributed by atoms with E-state index in [0.717, 1.165) is 49.0 Å². The van der Waals surface area contributed by atoms with E-state index >= 15 is 0 Å². The van der Waals surface area contributed by atoms with Crippen LogP contribution in [0.15, 0.2) is 18.2 Å². The van der Waals surface area contributed by atoms with E-state index in [1.54, 1.807) is 0 Å². The summed E-state index contributed by atoms with van der Waals surface area (Å²) in [6.07, 6.45) is 0. The molecule has 0 spiro atoms. The van der Waals surface area contributed by atoms with Crippen LogP contribution in [0, 0.1) is 0 Å². The number of hydrogen-bond acceptors (Lipinski definition) is 3. The van der Waals surface area contributed by atoms with Gasteiger partial charge in [-0.2, -0.15) is 0 Å². The number of likely N-dealkylation sites (N-methyl/N-ethyl adjacent to an activating group) is 1. The third-order valence-electron chi connectivity index (χ3n) is 3.41. The van der Waals surface area contributed by atoms with E-state index in [0.29, 0.717) is 6.54 Å². The topological polar surface area (TPSA) is 32.5 Å². The van der Waals surface area contributed by atoms with Crippen LogP contribution in [0.1, 0.15) is 12.5 Å².